The molecule has 1 fully saturated rings. The molecule has 1 saturated carbocycles. The summed E-state index contributed by atoms with van der Waals surface area (Å²) in [5.74, 6) is 0.839. The highest BCUT2D eigenvalue weighted by Crippen LogP contribution is 2.25. The molecule has 0 aromatic rings. The van der Waals surface area contributed by atoms with Crippen LogP contribution in [0.15, 0.2) is 0 Å². The largest absolute Gasteiger partial charge is 0.353 e. The van der Waals surface area contributed by atoms with Gasteiger partial charge in [-0.2, -0.15) is 0 Å². The van der Waals surface area contributed by atoms with Crippen molar-refractivity contribution in [1.82, 2.24) is 5.32 Å². The molecule has 1 amide bonds. The van der Waals surface area contributed by atoms with E-state index in [4.69, 9.17) is 0 Å². The predicted molar refractivity (Wildman–Crippen MR) is 59.0 cm³/mol. The van der Waals surface area contributed by atoms with E-state index in [0.717, 1.165) is 6.42 Å². The Bertz CT molecular complexity index is 205. The van der Waals surface area contributed by atoms with Crippen molar-refractivity contribution >= 4 is 5.91 Å². The van der Waals surface area contributed by atoms with Crippen LogP contribution >= 0.6 is 0 Å². The highest BCUT2D eigenvalue weighted by atomic mass is 16.2. The fourth-order valence-electron chi connectivity index (χ4n) is 1.92. The summed E-state index contributed by atoms with van der Waals surface area (Å²) in [6.45, 7) is 8.15. The molecule has 1 aliphatic rings. The summed E-state index contributed by atoms with van der Waals surface area (Å²) in [6.07, 6.45) is 5.00. The van der Waals surface area contributed by atoms with Gasteiger partial charge in [-0.25, -0.2) is 0 Å². The minimum Gasteiger partial charge on any atom is -0.353 e. The lowest BCUT2D eigenvalue weighted by Gasteiger charge is -2.32. The summed E-state index contributed by atoms with van der Waals surface area (Å²) in [6, 6.07) is 0.412. The zero-order valence-electron chi connectivity index (χ0n) is 9.89. The number of hydrogen-bond donors (Lipinski definition) is 1. The van der Waals surface area contributed by atoms with Crippen molar-refractivity contribution in [3.05, 3.63) is 0 Å². The minimum absolute atomic E-state index is 0.191. The molecular weight excluding hydrogens is 174 g/mol. The summed E-state index contributed by atoms with van der Waals surface area (Å²) in [5.41, 5.74) is -0.253. The third-order valence-corrected chi connectivity index (χ3v) is 3.11. The van der Waals surface area contributed by atoms with E-state index in [-0.39, 0.29) is 11.3 Å². The molecule has 14 heavy (non-hydrogen) atoms. The third kappa shape index (κ3) is 3.00. The molecule has 0 aromatic carbocycles. The molecule has 0 bridgehead atoms. The van der Waals surface area contributed by atoms with Crippen molar-refractivity contribution in [2.24, 2.45) is 11.3 Å². The lowest BCUT2D eigenvalue weighted by atomic mass is 9.85. The Balaban J connectivity index is 2.46. The van der Waals surface area contributed by atoms with Crippen molar-refractivity contribution < 1.29 is 4.79 Å². The molecule has 82 valence electrons. The van der Waals surface area contributed by atoms with E-state index >= 15 is 0 Å². The average molecular weight is 197 g/mol. The first-order valence-electron chi connectivity index (χ1n) is 5.72. The fraction of sp³-hybridized carbons (Fsp3) is 0.917. The topological polar surface area (TPSA) is 29.1 Å². The number of carbonyl (C=O) groups excluding carboxylic acids is 1. The van der Waals surface area contributed by atoms with Crippen LogP contribution in [0.4, 0.5) is 0 Å². The van der Waals surface area contributed by atoms with Crippen molar-refractivity contribution in [3.63, 3.8) is 0 Å². The van der Waals surface area contributed by atoms with Crippen LogP contribution in [0.5, 0.6) is 0 Å². The third-order valence-electron chi connectivity index (χ3n) is 3.11. The van der Waals surface area contributed by atoms with Gasteiger partial charge in [0, 0.05) is 11.5 Å². The minimum atomic E-state index is -0.253. The van der Waals surface area contributed by atoms with Gasteiger partial charge in [0.2, 0.25) is 5.91 Å². The molecule has 0 saturated heterocycles. The summed E-state index contributed by atoms with van der Waals surface area (Å²) in [7, 11) is 0. The standard InChI is InChI=1S/C12H23NO/c1-9-7-5-6-8-10(9)13-11(14)12(2,3)4/h9-10H,5-8H2,1-4H3,(H,13,14). The summed E-state index contributed by atoms with van der Waals surface area (Å²) in [4.78, 5) is 11.8. The van der Waals surface area contributed by atoms with Gasteiger partial charge in [-0.3, -0.25) is 4.79 Å². The maximum Gasteiger partial charge on any atom is 0.225 e. The van der Waals surface area contributed by atoms with E-state index in [1.165, 1.54) is 19.3 Å². The first kappa shape index (κ1) is 11.5. The molecule has 2 unspecified atom stereocenters. The van der Waals surface area contributed by atoms with Crippen LogP contribution in [0.2, 0.25) is 0 Å². The normalized spacial score (nSPS) is 28.6. The number of hydrogen-bond acceptors (Lipinski definition) is 1. The van der Waals surface area contributed by atoms with Crippen LogP contribution in [-0.2, 0) is 4.79 Å². The van der Waals surface area contributed by atoms with Gasteiger partial charge in [0.1, 0.15) is 0 Å². The second-order valence-corrected chi connectivity index (χ2v) is 5.59. The smallest absolute Gasteiger partial charge is 0.225 e. The summed E-state index contributed by atoms with van der Waals surface area (Å²) < 4.78 is 0. The van der Waals surface area contributed by atoms with Gasteiger partial charge in [0.05, 0.1) is 0 Å². The van der Waals surface area contributed by atoms with Gasteiger partial charge < -0.3 is 5.32 Å². The second kappa shape index (κ2) is 4.33. The first-order valence-corrected chi connectivity index (χ1v) is 5.72. The molecule has 2 heteroatoms. The molecule has 0 aliphatic heterocycles. The average Bonchev–Trinajstić information content (AvgIpc) is 2.07. The van der Waals surface area contributed by atoms with Gasteiger partial charge in [-0.15, -0.1) is 0 Å². The van der Waals surface area contributed by atoms with Crippen molar-refractivity contribution in [2.75, 3.05) is 0 Å². The SMILES string of the molecule is CC1CCCCC1NC(=O)C(C)(C)C. The number of rotatable bonds is 1. The van der Waals surface area contributed by atoms with Crippen LogP contribution in [0, 0.1) is 11.3 Å². The van der Waals surface area contributed by atoms with E-state index < -0.39 is 0 Å². The van der Waals surface area contributed by atoms with E-state index in [0.29, 0.717) is 12.0 Å². The van der Waals surface area contributed by atoms with Crippen molar-refractivity contribution in [1.29, 1.82) is 0 Å². The molecule has 1 N–H and O–H groups in total. The highest BCUT2D eigenvalue weighted by Gasteiger charge is 2.27. The summed E-state index contributed by atoms with van der Waals surface area (Å²) >= 11 is 0. The Hall–Kier alpha value is -0.530. The quantitative estimate of drug-likeness (QED) is 0.688. The maximum absolute atomic E-state index is 11.8. The van der Waals surface area contributed by atoms with Crippen LogP contribution in [0.25, 0.3) is 0 Å². The van der Waals surface area contributed by atoms with Gasteiger partial charge in [0.15, 0.2) is 0 Å². The van der Waals surface area contributed by atoms with Gasteiger partial charge >= 0.3 is 0 Å². The Morgan fingerprint density at radius 3 is 2.29 bits per heavy atom. The fourth-order valence-corrected chi connectivity index (χ4v) is 1.92. The lowest BCUT2D eigenvalue weighted by Crippen LogP contribution is -2.45. The first-order chi connectivity index (χ1) is 6.41. The van der Waals surface area contributed by atoms with Crippen LogP contribution in [0.3, 0.4) is 0 Å². The van der Waals surface area contributed by atoms with Gasteiger partial charge in [0.25, 0.3) is 0 Å². The van der Waals surface area contributed by atoms with Gasteiger partial charge in [-0.1, -0.05) is 40.5 Å². The Morgan fingerprint density at radius 2 is 1.79 bits per heavy atom. The molecule has 1 rings (SSSR count). The molecule has 0 spiro atoms. The Labute approximate surface area is 87.5 Å². The van der Waals surface area contributed by atoms with Crippen LogP contribution < -0.4 is 5.32 Å². The molecule has 0 aromatic heterocycles. The second-order valence-electron chi connectivity index (χ2n) is 5.59. The Morgan fingerprint density at radius 1 is 1.21 bits per heavy atom. The summed E-state index contributed by atoms with van der Waals surface area (Å²) in [5, 5.41) is 3.17. The predicted octanol–water partition coefficient (Wildman–Crippen LogP) is 2.73. The van der Waals surface area contributed by atoms with Crippen molar-refractivity contribution in [3.8, 4) is 0 Å². The molecule has 2 nitrogen and oxygen atoms in total. The molecular formula is C12H23NO. The van der Waals surface area contributed by atoms with Crippen LogP contribution in [-0.4, -0.2) is 11.9 Å². The lowest BCUT2D eigenvalue weighted by molar-refractivity contribution is -0.129. The van der Waals surface area contributed by atoms with E-state index in [2.05, 4.69) is 12.2 Å². The van der Waals surface area contributed by atoms with Crippen molar-refractivity contribution in [2.45, 2.75) is 59.4 Å². The molecule has 0 radical (unpaired) electrons. The highest BCUT2D eigenvalue weighted by molar-refractivity contribution is 5.81. The number of carbonyl (C=O) groups is 1. The molecule has 2 atom stereocenters. The monoisotopic (exact) mass is 197 g/mol. The zero-order valence-corrected chi connectivity index (χ0v) is 9.89. The number of nitrogens with one attached hydrogen (secondary N) is 1. The van der Waals surface area contributed by atoms with E-state index in [9.17, 15) is 4.79 Å². The maximum atomic E-state index is 11.8. The molecule has 1 aliphatic carbocycles. The number of amides is 1. The van der Waals surface area contributed by atoms with Crippen LogP contribution in [0.1, 0.15) is 53.4 Å². The van der Waals surface area contributed by atoms with Gasteiger partial charge in [-0.05, 0) is 18.8 Å². The molecule has 0 heterocycles. The van der Waals surface area contributed by atoms with E-state index in [1.807, 2.05) is 20.8 Å². The Kier molecular flexibility index (Phi) is 3.57. The van der Waals surface area contributed by atoms with E-state index in [1.54, 1.807) is 0 Å². The zero-order chi connectivity index (χ0) is 10.8.